The Labute approximate surface area is 95.5 Å². The van der Waals surface area contributed by atoms with E-state index in [0.717, 1.165) is 5.69 Å². The van der Waals surface area contributed by atoms with Crippen LogP contribution in [0.1, 0.15) is 29.9 Å². The normalized spacial score (nSPS) is 12.9. The quantitative estimate of drug-likeness (QED) is 0.783. The predicted octanol–water partition coefficient (Wildman–Crippen LogP) is 0.475. The topological polar surface area (TPSA) is 67.2 Å². The van der Waals surface area contributed by atoms with Gasteiger partial charge in [-0.15, -0.1) is 0 Å². The fraction of sp³-hybridized carbons (Fsp3) is 0.636. The zero-order valence-electron chi connectivity index (χ0n) is 10.2. The van der Waals surface area contributed by atoms with Gasteiger partial charge in [-0.3, -0.25) is 9.48 Å². The summed E-state index contributed by atoms with van der Waals surface area (Å²) in [6.07, 6.45) is 1.54. The van der Waals surface area contributed by atoms with Gasteiger partial charge >= 0.3 is 0 Å². The number of aliphatic hydroxyl groups excluding tert-OH is 1. The van der Waals surface area contributed by atoms with Gasteiger partial charge in [0.2, 0.25) is 0 Å². The van der Waals surface area contributed by atoms with Crippen LogP contribution in [0.5, 0.6) is 0 Å². The molecule has 1 aromatic rings. The van der Waals surface area contributed by atoms with E-state index in [1.54, 1.807) is 17.9 Å². The number of hydrogen-bond donors (Lipinski definition) is 2. The summed E-state index contributed by atoms with van der Waals surface area (Å²) in [6.45, 7) is 5.70. The molecule has 0 aliphatic rings. The molecular formula is C11H19N3O2. The largest absolute Gasteiger partial charge is 0.394 e. The van der Waals surface area contributed by atoms with Gasteiger partial charge in [0, 0.05) is 12.7 Å². The molecule has 1 amide bonds. The minimum Gasteiger partial charge on any atom is -0.394 e. The van der Waals surface area contributed by atoms with Crippen molar-refractivity contribution in [1.82, 2.24) is 15.1 Å². The molecule has 0 fully saturated rings. The van der Waals surface area contributed by atoms with Crippen molar-refractivity contribution in [2.75, 3.05) is 6.61 Å². The number of nitrogens with zero attached hydrogens (tertiary/aromatic N) is 2. The summed E-state index contributed by atoms with van der Waals surface area (Å²) in [5.74, 6) is 0.0178. The molecule has 0 spiro atoms. The molecule has 5 nitrogen and oxygen atoms in total. The van der Waals surface area contributed by atoms with E-state index >= 15 is 0 Å². The highest BCUT2D eigenvalue weighted by Gasteiger charge is 2.18. The van der Waals surface area contributed by atoms with E-state index in [4.69, 9.17) is 5.11 Å². The first-order chi connectivity index (χ1) is 7.47. The van der Waals surface area contributed by atoms with Crippen LogP contribution in [0, 0.1) is 12.8 Å². The van der Waals surface area contributed by atoms with Crippen LogP contribution in [0.3, 0.4) is 0 Å². The Hall–Kier alpha value is -1.36. The maximum Gasteiger partial charge on any atom is 0.255 e. The molecular weight excluding hydrogens is 206 g/mol. The summed E-state index contributed by atoms with van der Waals surface area (Å²) in [6, 6.07) is -0.216. The lowest BCUT2D eigenvalue weighted by atomic mass is 10.1. The first kappa shape index (κ1) is 12.7. The molecule has 0 aliphatic carbocycles. The lowest BCUT2D eigenvalue weighted by molar-refractivity contribution is 0.0896. The zero-order chi connectivity index (χ0) is 12.3. The third-order valence-corrected chi connectivity index (χ3v) is 2.80. The number of carbonyl (C=O) groups excluding carboxylic acids is 1. The lowest BCUT2D eigenvalue weighted by Crippen LogP contribution is -2.41. The first-order valence-electron chi connectivity index (χ1n) is 5.37. The van der Waals surface area contributed by atoms with Gasteiger partial charge in [0.1, 0.15) is 0 Å². The number of rotatable bonds is 4. The summed E-state index contributed by atoms with van der Waals surface area (Å²) in [7, 11) is 1.79. The molecule has 0 aliphatic heterocycles. The average molecular weight is 225 g/mol. The summed E-state index contributed by atoms with van der Waals surface area (Å²) in [5, 5.41) is 15.9. The summed E-state index contributed by atoms with van der Waals surface area (Å²) >= 11 is 0. The highest BCUT2D eigenvalue weighted by molar-refractivity contribution is 5.95. The van der Waals surface area contributed by atoms with E-state index in [2.05, 4.69) is 10.4 Å². The number of nitrogens with one attached hydrogen (secondary N) is 1. The van der Waals surface area contributed by atoms with E-state index in [9.17, 15) is 4.79 Å². The molecule has 90 valence electrons. The van der Waals surface area contributed by atoms with Crippen molar-refractivity contribution in [3.05, 3.63) is 17.5 Å². The van der Waals surface area contributed by atoms with Gasteiger partial charge in [0.25, 0.3) is 5.91 Å². The SMILES string of the molecule is Cc1c(C(=O)N[C@H](CO)C(C)C)cnn1C. The van der Waals surface area contributed by atoms with Crippen molar-refractivity contribution in [3.63, 3.8) is 0 Å². The number of carbonyl (C=O) groups is 1. The number of amides is 1. The van der Waals surface area contributed by atoms with E-state index in [0.29, 0.717) is 5.56 Å². The Kier molecular flexibility index (Phi) is 4.06. The Bertz CT molecular complexity index is 371. The van der Waals surface area contributed by atoms with E-state index in [1.165, 1.54) is 0 Å². The third-order valence-electron chi connectivity index (χ3n) is 2.80. The van der Waals surface area contributed by atoms with E-state index in [1.807, 2.05) is 20.8 Å². The van der Waals surface area contributed by atoms with Crippen LogP contribution in [0.15, 0.2) is 6.20 Å². The molecule has 0 radical (unpaired) electrons. The van der Waals surface area contributed by atoms with E-state index in [-0.39, 0.29) is 24.5 Å². The van der Waals surface area contributed by atoms with Crippen molar-refractivity contribution in [3.8, 4) is 0 Å². The van der Waals surface area contributed by atoms with Crippen molar-refractivity contribution in [2.24, 2.45) is 13.0 Å². The number of aryl methyl sites for hydroxylation is 1. The summed E-state index contributed by atoms with van der Waals surface area (Å²) < 4.78 is 1.65. The van der Waals surface area contributed by atoms with Crippen molar-refractivity contribution in [2.45, 2.75) is 26.8 Å². The van der Waals surface area contributed by atoms with Crippen LogP contribution in [0.4, 0.5) is 0 Å². The van der Waals surface area contributed by atoms with E-state index < -0.39 is 0 Å². The minimum absolute atomic E-state index is 0.0529. The fourth-order valence-electron chi connectivity index (χ4n) is 1.39. The van der Waals surface area contributed by atoms with Gasteiger partial charge < -0.3 is 10.4 Å². The fourth-order valence-corrected chi connectivity index (χ4v) is 1.39. The summed E-state index contributed by atoms with van der Waals surface area (Å²) in [5.41, 5.74) is 1.37. The molecule has 16 heavy (non-hydrogen) atoms. The molecule has 2 N–H and O–H groups in total. The summed E-state index contributed by atoms with van der Waals surface area (Å²) in [4.78, 5) is 11.9. The molecule has 1 aromatic heterocycles. The standard InChI is InChI=1S/C11H19N3O2/c1-7(2)10(6-15)13-11(16)9-5-12-14(4)8(9)3/h5,7,10,15H,6H2,1-4H3,(H,13,16)/t10-/m1/s1. The smallest absolute Gasteiger partial charge is 0.255 e. The average Bonchev–Trinajstić information content (AvgIpc) is 2.55. The van der Waals surface area contributed by atoms with Crippen molar-refractivity contribution in [1.29, 1.82) is 0 Å². The molecule has 0 saturated carbocycles. The zero-order valence-corrected chi connectivity index (χ0v) is 10.2. The van der Waals surface area contributed by atoms with Gasteiger partial charge in [-0.25, -0.2) is 0 Å². The number of aliphatic hydroxyl groups is 1. The van der Waals surface area contributed by atoms with Gasteiger partial charge in [-0.1, -0.05) is 13.8 Å². The number of hydrogen-bond acceptors (Lipinski definition) is 3. The van der Waals surface area contributed by atoms with Gasteiger partial charge in [0.05, 0.1) is 24.4 Å². The van der Waals surface area contributed by atoms with Crippen LogP contribution in [-0.4, -0.2) is 33.4 Å². The molecule has 0 bridgehead atoms. The Balaban J connectivity index is 2.76. The molecule has 1 atom stereocenters. The molecule has 0 aromatic carbocycles. The molecule has 5 heteroatoms. The van der Waals surface area contributed by atoms with Crippen LogP contribution >= 0.6 is 0 Å². The molecule has 0 unspecified atom stereocenters. The first-order valence-corrected chi connectivity index (χ1v) is 5.37. The van der Waals surface area contributed by atoms with Crippen molar-refractivity contribution < 1.29 is 9.90 Å². The second-order valence-electron chi connectivity index (χ2n) is 4.27. The predicted molar refractivity (Wildman–Crippen MR) is 61.1 cm³/mol. The molecule has 1 rings (SSSR count). The van der Waals surface area contributed by atoms with Gasteiger partial charge in [-0.2, -0.15) is 5.10 Å². The van der Waals surface area contributed by atoms with Crippen LogP contribution < -0.4 is 5.32 Å². The Morgan fingerprint density at radius 3 is 2.62 bits per heavy atom. The Morgan fingerprint density at radius 1 is 1.62 bits per heavy atom. The maximum absolute atomic E-state index is 11.9. The molecule has 1 heterocycles. The number of aromatic nitrogens is 2. The van der Waals surface area contributed by atoms with Crippen LogP contribution in [-0.2, 0) is 7.05 Å². The van der Waals surface area contributed by atoms with Gasteiger partial charge in [0.15, 0.2) is 0 Å². The highest BCUT2D eigenvalue weighted by Crippen LogP contribution is 2.07. The highest BCUT2D eigenvalue weighted by atomic mass is 16.3. The Morgan fingerprint density at radius 2 is 2.25 bits per heavy atom. The van der Waals surface area contributed by atoms with Crippen molar-refractivity contribution >= 4 is 5.91 Å². The van der Waals surface area contributed by atoms with Crippen LogP contribution in [0.2, 0.25) is 0 Å². The maximum atomic E-state index is 11.9. The lowest BCUT2D eigenvalue weighted by Gasteiger charge is -2.19. The van der Waals surface area contributed by atoms with Crippen LogP contribution in [0.25, 0.3) is 0 Å². The third kappa shape index (κ3) is 2.61. The molecule has 0 saturated heterocycles. The van der Waals surface area contributed by atoms with Gasteiger partial charge in [-0.05, 0) is 12.8 Å². The monoisotopic (exact) mass is 225 g/mol. The second-order valence-corrected chi connectivity index (χ2v) is 4.27. The second kappa shape index (κ2) is 5.12. The minimum atomic E-state index is -0.216.